The minimum atomic E-state index is -0.286. The number of nitrogens with zero attached hydrogens (tertiary/aromatic N) is 2. The summed E-state index contributed by atoms with van der Waals surface area (Å²) in [6, 6.07) is 14.9. The largest absolute Gasteiger partial charge is 0.352 e. The van der Waals surface area contributed by atoms with Crippen LogP contribution >= 0.6 is 0 Å². The first-order valence-corrected chi connectivity index (χ1v) is 10.6. The molecule has 160 valence electrons. The smallest absolute Gasteiger partial charge is 0.265 e. The molecule has 4 rings (SSSR count). The Labute approximate surface area is 185 Å². The highest BCUT2D eigenvalue weighted by Gasteiger charge is 2.14. The molecule has 2 heterocycles. The van der Waals surface area contributed by atoms with Crippen molar-refractivity contribution < 1.29 is 4.79 Å². The molecule has 2 N–H and O–H groups in total. The fourth-order valence-electron chi connectivity index (χ4n) is 3.63. The van der Waals surface area contributed by atoms with E-state index >= 15 is 0 Å². The number of aromatic nitrogens is 2. The van der Waals surface area contributed by atoms with Gasteiger partial charge < -0.3 is 10.7 Å². The Bertz CT molecular complexity index is 1450. The third kappa shape index (κ3) is 4.34. The van der Waals surface area contributed by atoms with Crippen LogP contribution in [-0.2, 0) is 0 Å². The first-order valence-electron chi connectivity index (χ1n) is 10.6. The number of benzene rings is 2. The van der Waals surface area contributed by atoms with Gasteiger partial charge in [0.2, 0.25) is 0 Å². The Hall–Kier alpha value is -4.06. The summed E-state index contributed by atoms with van der Waals surface area (Å²) in [6.07, 6.45) is 10.2. The van der Waals surface area contributed by atoms with Crippen LogP contribution in [-0.4, -0.2) is 27.5 Å². The quantitative estimate of drug-likeness (QED) is 0.196. The van der Waals surface area contributed by atoms with E-state index in [1.165, 1.54) is 4.40 Å². The molecule has 6 heteroatoms. The van der Waals surface area contributed by atoms with Crippen molar-refractivity contribution in [2.24, 2.45) is 0 Å². The van der Waals surface area contributed by atoms with Crippen LogP contribution in [0.5, 0.6) is 0 Å². The van der Waals surface area contributed by atoms with Crippen molar-refractivity contribution >= 4 is 38.9 Å². The van der Waals surface area contributed by atoms with Gasteiger partial charge in [0.25, 0.3) is 11.5 Å². The van der Waals surface area contributed by atoms with Crippen LogP contribution in [0.3, 0.4) is 0 Å². The second-order valence-electron chi connectivity index (χ2n) is 7.52. The standard InChI is InChI=1S/C26H24N4O2/c1-2-3-4-11-20(27)12-7-14-28-25(31)21-13-8-15-30-24(21)29-23-17-19-10-6-5-9-18(19)16-22(23)26(30)32/h2-6,8-11,13,15-17,27H,7,12,14H2,1H3,(H,28,31)/b3-2-,11-4-,27-20?. The molecule has 0 unspecified atom stereocenters. The van der Waals surface area contributed by atoms with Gasteiger partial charge >= 0.3 is 0 Å². The molecule has 2 aromatic heterocycles. The van der Waals surface area contributed by atoms with Crippen molar-refractivity contribution in [3.8, 4) is 0 Å². The predicted molar refractivity (Wildman–Crippen MR) is 130 cm³/mol. The molecule has 0 saturated carbocycles. The van der Waals surface area contributed by atoms with Crippen molar-refractivity contribution in [2.45, 2.75) is 19.8 Å². The van der Waals surface area contributed by atoms with Crippen LogP contribution in [0.15, 0.2) is 83.8 Å². The van der Waals surface area contributed by atoms with E-state index in [0.717, 1.165) is 10.8 Å². The van der Waals surface area contributed by atoms with E-state index in [0.29, 0.717) is 47.2 Å². The number of nitrogens with one attached hydrogen (secondary N) is 2. The molecule has 0 aliphatic heterocycles. The molecule has 0 spiro atoms. The number of allylic oxidation sites excluding steroid dienone is 4. The van der Waals surface area contributed by atoms with Crippen LogP contribution in [0, 0.1) is 5.41 Å². The zero-order chi connectivity index (χ0) is 22.5. The van der Waals surface area contributed by atoms with Gasteiger partial charge in [-0.1, -0.05) is 42.5 Å². The van der Waals surface area contributed by atoms with Crippen molar-refractivity contribution in [2.75, 3.05) is 6.54 Å². The van der Waals surface area contributed by atoms with Crippen molar-refractivity contribution in [1.29, 1.82) is 5.41 Å². The number of carbonyl (C=O) groups excluding carboxylic acids is 1. The second-order valence-corrected chi connectivity index (χ2v) is 7.52. The third-order valence-electron chi connectivity index (χ3n) is 5.26. The first kappa shape index (κ1) is 21.2. The average molecular weight is 425 g/mol. The fourth-order valence-corrected chi connectivity index (χ4v) is 3.63. The van der Waals surface area contributed by atoms with E-state index in [9.17, 15) is 9.59 Å². The van der Waals surface area contributed by atoms with Crippen molar-refractivity contribution in [3.63, 3.8) is 0 Å². The number of pyridine rings is 1. The molecule has 1 amide bonds. The molecule has 4 aromatic rings. The highest BCUT2D eigenvalue weighted by molar-refractivity contribution is 6.02. The van der Waals surface area contributed by atoms with E-state index in [1.807, 2.05) is 61.5 Å². The number of amides is 1. The van der Waals surface area contributed by atoms with Gasteiger partial charge in [-0.05, 0) is 60.9 Å². The molecule has 0 aliphatic carbocycles. The van der Waals surface area contributed by atoms with Crippen LogP contribution in [0.25, 0.3) is 27.3 Å². The van der Waals surface area contributed by atoms with E-state index in [2.05, 4.69) is 10.3 Å². The van der Waals surface area contributed by atoms with Gasteiger partial charge in [-0.3, -0.25) is 14.0 Å². The molecule has 6 nitrogen and oxygen atoms in total. The molecule has 0 atom stereocenters. The molecular weight excluding hydrogens is 400 g/mol. The van der Waals surface area contributed by atoms with Crippen LogP contribution in [0.1, 0.15) is 30.1 Å². The van der Waals surface area contributed by atoms with Gasteiger partial charge in [0.1, 0.15) is 0 Å². The topological polar surface area (TPSA) is 87.3 Å². The van der Waals surface area contributed by atoms with Crippen molar-refractivity contribution in [3.05, 3.63) is 94.9 Å². The van der Waals surface area contributed by atoms with Gasteiger partial charge in [-0.25, -0.2) is 4.98 Å². The summed E-state index contributed by atoms with van der Waals surface area (Å²) >= 11 is 0. The molecule has 0 fully saturated rings. The minimum absolute atomic E-state index is 0.202. The molecule has 0 aliphatic rings. The zero-order valence-corrected chi connectivity index (χ0v) is 17.8. The number of carbonyl (C=O) groups is 1. The lowest BCUT2D eigenvalue weighted by Gasteiger charge is -2.10. The maximum Gasteiger partial charge on any atom is 0.265 e. The number of rotatable bonds is 7. The lowest BCUT2D eigenvalue weighted by Crippen LogP contribution is -2.27. The third-order valence-corrected chi connectivity index (χ3v) is 5.26. The average Bonchev–Trinajstić information content (AvgIpc) is 2.81. The number of hydrogen-bond donors (Lipinski definition) is 2. The minimum Gasteiger partial charge on any atom is -0.352 e. The van der Waals surface area contributed by atoms with Gasteiger partial charge in [0.15, 0.2) is 5.65 Å². The molecule has 2 aromatic carbocycles. The predicted octanol–water partition coefficient (Wildman–Crippen LogP) is 4.66. The summed E-state index contributed by atoms with van der Waals surface area (Å²) in [6.45, 7) is 2.35. The molecule has 0 radical (unpaired) electrons. The summed E-state index contributed by atoms with van der Waals surface area (Å²) in [7, 11) is 0. The fraction of sp³-hybridized carbons (Fsp3) is 0.154. The van der Waals surface area contributed by atoms with Crippen LogP contribution < -0.4 is 10.9 Å². The number of fused-ring (bicyclic) bond motifs is 3. The summed E-state index contributed by atoms with van der Waals surface area (Å²) in [4.78, 5) is 30.6. The second kappa shape index (κ2) is 9.39. The van der Waals surface area contributed by atoms with E-state index in [4.69, 9.17) is 5.41 Å². The lowest BCUT2D eigenvalue weighted by molar-refractivity contribution is 0.0954. The monoisotopic (exact) mass is 424 g/mol. The molecule has 32 heavy (non-hydrogen) atoms. The van der Waals surface area contributed by atoms with Gasteiger partial charge in [-0.2, -0.15) is 0 Å². The van der Waals surface area contributed by atoms with E-state index < -0.39 is 0 Å². The first-order chi connectivity index (χ1) is 15.6. The van der Waals surface area contributed by atoms with Gasteiger partial charge in [-0.15, -0.1) is 0 Å². The Morgan fingerprint density at radius 3 is 2.69 bits per heavy atom. The highest BCUT2D eigenvalue weighted by atomic mass is 16.1. The Kier molecular flexibility index (Phi) is 6.22. The maximum absolute atomic E-state index is 13.1. The van der Waals surface area contributed by atoms with E-state index in [-0.39, 0.29) is 11.5 Å². The van der Waals surface area contributed by atoms with Crippen LogP contribution in [0.2, 0.25) is 0 Å². The number of hydrogen-bond acceptors (Lipinski definition) is 4. The lowest BCUT2D eigenvalue weighted by atomic mass is 10.1. The zero-order valence-electron chi connectivity index (χ0n) is 17.8. The molecule has 0 bridgehead atoms. The van der Waals surface area contributed by atoms with Crippen molar-refractivity contribution in [1.82, 2.24) is 14.7 Å². The summed E-state index contributed by atoms with van der Waals surface area (Å²) < 4.78 is 1.42. The Morgan fingerprint density at radius 2 is 1.91 bits per heavy atom. The van der Waals surface area contributed by atoms with Gasteiger partial charge in [0.05, 0.1) is 16.5 Å². The van der Waals surface area contributed by atoms with Crippen LogP contribution in [0.4, 0.5) is 0 Å². The summed E-state index contributed by atoms with van der Waals surface area (Å²) in [5.74, 6) is -0.286. The van der Waals surface area contributed by atoms with Gasteiger partial charge in [0, 0.05) is 18.5 Å². The summed E-state index contributed by atoms with van der Waals surface area (Å²) in [5.41, 5.74) is 1.55. The van der Waals surface area contributed by atoms with E-state index in [1.54, 1.807) is 24.4 Å². The highest BCUT2D eigenvalue weighted by Crippen LogP contribution is 2.20. The Balaban J connectivity index is 1.58. The molecule has 0 saturated heterocycles. The normalized spacial score (nSPS) is 11.8. The molecular formula is C26H24N4O2. The maximum atomic E-state index is 13.1. The summed E-state index contributed by atoms with van der Waals surface area (Å²) in [5, 5.41) is 13.3. The Morgan fingerprint density at radius 1 is 1.12 bits per heavy atom. The SMILES string of the molecule is C/C=C\C=C/C(=N)CCCNC(=O)c1cccn2c(=O)c3cc4ccccc4cc3nc12.